The fraction of sp³-hybridized carbons (Fsp3) is 0.349. The predicted molar refractivity (Wildman–Crippen MR) is 385 cm³/mol. The summed E-state index contributed by atoms with van der Waals surface area (Å²) in [4.78, 5) is 102. The first-order chi connectivity index (χ1) is 43.8. The molecule has 2 N–H and O–H groups in total. The standard InChI is InChI=1S/C14H18N2O3.C11H10N2O3.C11H12N2O2Si.2C9H8N2O2.C6H13BrO2.C3H8Cl2Si.HI/c1-4-18-10(2)9-19-12-7-8-15-11-5-6-13(17)16(3)14(11)12;1-13-10(15)3-2-8-11(13)9(4-5-12-8)16-7-6-14;1-16(2)7-13-10(14)4-3-8-11(13)9(15-16)5-6-12-8;1-13-8-3-2-6-9(11-8)7(12)4-5-10-6;1-11-8(13)3-2-6-9(11)7(12)4-5-10-6;1-3-8-6(5-7)9-4-2;1-6(2,5)3-4;/h5-8,10H,4,9H2,1-3H3;2-6H,7H2,1H3;3-6H,7H2,1-2H3;2*2-5H,1H3,(H,10,12);6H,3-5H2,1-2H3;3H2,1-2H3;1H. The summed E-state index contributed by atoms with van der Waals surface area (Å²) in [5.74, 6) is 2.38. The average Bonchev–Trinajstić information content (AvgIpc) is 0.793. The van der Waals surface area contributed by atoms with Gasteiger partial charge in [0, 0.05) is 132 Å². The van der Waals surface area contributed by atoms with Crippen LogP contribution in [-0.4, -0.2) is 134 Å². The van der Waals surface area contributed by atoms with Crippen molar-refractivity contribution in [2.24, 2.45) is 21.1 Å². The van der Waals surface area contributed by atoms with Gasteiger partial charge < -0.3 is 61.1 Å². The highest BCUT2D eigenvalue weighted by molar-refractivity contribution is 14.0. The molecule has 0 amide bonds. The lowest BCUT2D eigenvalue weighted by atomic mass is 10.3. The third-order valence-corrected chi connectivity index (χ3v) is 18.7. The lowest BCUT2D eigenvalue weighted by Crippen LogP contribution is -2.45. The maximum atomic E-state index is 11.8. The van der Waals surface area contributed by atoms with Gasteiger partial charge in [0.1, 0.15) is 58.0 Å². The molecule has 30 heteroatoms. The Morgan fingerprint density at radius 2 is 1.13 bits per heavy atom. The number of nitrogens with zero attached hydrogens (tertiary/aromatic N) is 8. The van der Waals surface area contributed by atoms with Crippen molar-refractivity contribution < 1.29 is 37.6 Å². The van der Waals surface area contributed by atoms with Crippen LogP contribution in [0.3, 0.4) is 0 Å². The summed E-state index contributed by atoms with van der Waals surface area (Å²) in [6.45, 7) is 18.5. The minimum Gasteiger partial charge on any atom is -0.541 e. The van der Waals surface area contributed by atoms with Crippen molar-refractivity contribution in [3.63, 3.8) is 0 Å². The highest BCUT2D eigenvalue weighted by Gasteiger charge is 2.32. The molecular weight excluding hydrogens is 1450 g/mol. The van der Waals surface area contributed by atoms with E-state index >= 15 is 0 Å². The number of nitrogens with one attached hydrogen (secondary N) is 2. The van der Waals surface area contributed by atoms with Gasteiger partial charge in [-0.3, -0.25) is 48.5 Å². The topological polar surface area (TPSA) is 287 Å². The number of H-pyrrole nitrogens is 2. The van der Waals surface area contributed by atoms with Gasteiger partial charge in [0.15, 0.2) is 20.0 Å². The normalized spacial score (nSPS) is 12.0. The van der Waals surface area contributed by atoms with Gasteiger partial charge in [0.05, 0.1) is 52.3 Å². The first-order valence-corrected chi connectivity index (χ1v) is 38.0. The summed E-state index contributed by atoms with van der Waals surface area (Å²) in [6, 6.07) is 24.2. The number of carbonyl (C=O) groups is 1. The molecule has 500 valence electrons. The Bertz CT molecular complexity index is 4450. The molecule has 1 aliphatic heterocycles. The van der Waals surface area contributed by atoms with Crippen LogP contribution >= 0.6 is 62.6 Å². The van der Waals surface area contributed by atoms with Crippen molar-refractivity contribution in [3.8, 4) is 23.1 Å². The molecule has 0 radical (unpaired) electrons. The number of halogens is 4. The van der Waals surface area contributed by atoms with Gasteiger partial charge in [0.25, 0.3) is 30.6 Å². The number of rotatable bonds is 15. The number of pyridine rings is 10. The van der Waals surface area contributed by atoms with Crippen LogP contribution in [0.5, 0.6) is 23.1 Å². The minimum absolute atomic E-state index is 0. The molecule has 93 heavy (non-hydrogen) atoms. The summed E-state index contributed by atoms with van der Waals surface area (Å²) in [7, 11) is 3.25. The van der Waals surface area contributed by atoms with E-state index in [0.29, 0.717) is 100 Å². The van der Waals surface area contributed by atoms with Gasteiger partial charge in [-0.25, -0.2) is 4.98 Å². The zero-order valence-electron chi connectivity index (χ0n) is 53.8. The van der Waals surface area contributed by atoms with E-state index in [9.17, 15) is 33.6 Å². The maximum absolute atomic E-state index is 11.8. The molecule has 24 nitrogen and oxygen atoms in total. The fourth-order valence-corrected chi connectivity index (χ4v) is 10.9. The van der Waals surface area contributed by atoms with E-state index in [4.69, 9.17) is 55.5 Å². The summed E-state index contributed by atoms with van der Waals surface area (Å²) < 4.78 is 43.8. The number of aromatic nitrogens is 10. The minimum atomic E-state index is -1.81. The molecule has 0 saturated heterocycles. The van der Waals surface area contributed by atoms with Crippen LogP contribution in [0, 0.1) is 0 Å². The summed E-state index contributed by atoms with van der Waals surface area (Å²) in [5.41, 5.74) is 6.60. The number of fused-ring (bicyclic) bond motifs is 4. The van der Waals surface area contributed by atoms with Crippen LogP contribution in [0.4, 0.5) is 0 Å². The Balaban J connectivity index is 0.000000236. The highest BCUT2D eigenvalue weighted by Crippen LogP contribution is 2.30. The molecule has 1 unspecified atom stereocenters. The maximum Gasteiger partial charge on any atom is 0.264 e. The van der Waals surface area contributed by atoms with Crippen molar-refractivity contribution in [3.05, 3.63) is 184 Å². The molecule has 11 rings (SSSR count). The molecule has 0 aromatic carbocycles. The van der Waals surface area contributed by atoms with Crippen molar-refractivity contribution in [2.45, 2.75) is 72.4 Å². The Labute approximate surface area is 573 Å². The molecule has 1 aliphatic rings. The average molecular weight is 1530 g/mol. The zero-order valence-corrected chi connectivity index (χ0v) is 61.2. The molecule has 0 saturated carbocycles. The van der Waals surface area contributed by atoms with Crippen LogP contribution in [0.15, 0.2) is 151 Å². The Hall–Kier alpha value is -7.43. The van der Waals surface area contributed by atoms with E-state index in [1.165, 1.54) is 46.6 Å². The molecule has 0 bridgehead atoms. The number of alkyl halides is 2. The van der Waals surface area contributed by atoms with Gasteiger partial charge in [-0.1, -0.05) is 29.0 Å². The van der Waals surface area contributed by atoms with E-state index in [1.807, 2.05) is 46.9 Å². The van der Waals surface area contributed by atoms with E-state index in [0.717, 1.165) is 27.6 Å². The Morgan fingerprint density at radius 3 is 1.65 bits per heavy atom. The molecule has 1 atom stereocenters. The molecule has 11 heterocycles. The van der Waals surface area contributed by atoms with Gasteiger partial charge in [-0.05, 0) is 77.2 Å². The van der Waals surface area contributed by atoms with Gasteiger partial charge >= 0.3 is 0 Å². The smallest absolute Gasteiger partial charge is 0.264 e. The van der Waals surface area contributed by atoms with E-state index in [1.54, 1.807) is 116 Å². The van der Waals surface area contributed by atoms with E-state index in [2.05, 4.69) is 58.9 Å². The number of carbonyl (C=O) groups excluding carboxylic acids is 1. The van der Waals surface area contributed by atoms with Crippen LogP contribution in [-0.2, 0) is 46.3 Å². The fourth-order valence-electron chi connectivity index (χ4n) is 8.60. The summed E-state index contributed by atoms with van der Waals surface area (Å²) in [5, 5.41) is 0.745. The van der Waals surface area contributed by atoms with Crippen LogP contribution < -0.4 is 51.7 Å². The number of methoxy groups -OCH3 is 1. The largest absolute Gasteiger partial charge is 0.541 e. The lowest BCUT2D eigenvalue weighted by molar-refractivity contribution is -0.119. The second-order valence-electron chi connectivity index (χ2n) is 21.0. The monoisotopic (exact) mass is 1530 g/mol. The van der Waals surface area contributed by atoms with Crippen molar-refractivity contribution in [1.82, 2.24) is 48.2 Å². The number of aromatic amines is 2. The highest BCUT2D eigenvalue weighted by atomic mass is 127. The number of ether oxygens (including phenoxy) is 6. The van der Waals surface area contributed by atoms with E-state index < -0.39 is 15.7 Å². The summed E-state index contributed by atoms with van der Waals surface area (Å²) in [6.07, 6.45) is 9.43. The quantitative estimate of drug-likeness (QED) is 0.0241. The molecule has 10 aromatic heterocycles. The first kappa shape index (κ1) is 78.0. The number of aldehydes is 1. The van der Waals surface area contributed by atoms with Gasteiger partial charge in [-0.2, -0.15) is 11.1 Å². The number of hydrogen-bond donors (Lipinski definition) is 2. The van der Waals surface area contributed by atoms with Crippen molar-refractivity contribution in [2.75, 3.05) is 51.0 Å². The Morgan fingerprint density at radius 1 is 0.656 bits per heavy atom. The molecule has 0 aliphatic carbocycles. The van der Waals surface area contributed by atoms with Crippen LogP contribution in [0.1, 0.15) is 27.7 Å². The van der Waals surface area contributed by atoms with Gasteiger partial charge in [-0.15, -0.1) is 35.6 Å². The second kappa shape index (κ2) is 38.1. The molecular formula is C63H78BrCl2IN10O14Si2. The molecule has 10 aromatic rings. The number of aryl methyl sites for hydroxylation is 3. The molecule has 0 spiro atoms. The third kappa shape index (κ3) is 22.9. The number of hydrogen-bond acceptors (Lipinski definition) is 18. The third-order valence-electron chi connectivity index (χ3n) is 12.9. The summed E-state index contributed by atoms with van der Waals surface area (Å²) >= 11 is 14.4. The lowest BCUT2D eigenvalue weighted by Gasteiger charge is -2.31. The van der Waals surface area contributed by atoms with Crippen LogP contribution in [0.25, 0.3) is 55.2 Å². The predicted octanol–water partition coefficient (Wildman–Crippen LogP) is 9.55. The first-order valence-electron chi connectivity index (χ1n) is 29.0. The Kier molecular flexibility index (Phi) is 31.9. The van der Waals surface area contributed by atoms with Gasteiger partial charge in [0.2, 0.25) is 16.7 Å². The van der Waals surface area contributed by atoms with Crippen molar-refractivity contribution in [1.29, 1.82) is 0 Å². The SMILES string of the molecule is CCOC(C)COc1ccnc2ccc(=O)n(C)c12.CCOC(CBr)OCC.COc1ccc2[nH]ccc(=O)c2n1.C[Si](C)(Cl)CCl.C[Si]1(C)Cn2c(=O)ccc3nccc(c32)O1.Cn1c(=O)ccc2[nH]ccc(=O)c21.Cn1c(=O)ccc2nccc(OCC=O)c21.I. The zero-order chi connectivity index (χ0) is 67.7. The van der Waals surface area contributed by atoms with Crippen LogP contribution in [0.2, 0.25) is 26.2 Å². The van der Waals surface area contributed by atoms with E-state index in [-0.39, 0.29) is 76.1 Å². The van der Waals surface area contributed by atoms with Crippen molar-refractivity contribution >= 4 is 140 Å². The second-order valence-corrected chi connectivity index (χ2v) is 33.3. The molecule has 0 fully saturated rings.